The van der Waals surface area contributed by atoms with Crippen LogP contribution in [0.2, 0.25) is 0 Å². The van der Waals surface area contributed by atoms with Crippen LogP contribution >= 0.6 is 0 Å². The summed E-state index contributed by atoms with van der Waals surface area (Å²) in [7, 11) is 1.91. The van der Waals surface area contributed by atoms with Crippen molar-refractivity contribution in [3.8, 4) is 0 Å². The fourth-order valence-corrected chi connectivity index (χ4v) is 1.04. The van der Waals surface area contributed by atoms with Gasteiger partial charge in [0.15, 0.2) is 0 Å². The molecule has 0 atom stereocenters. The zero-order valence-electron chi connectivity index (χ0n) is 7.41. The van der Waals surface area contributed by atoms with Crippen molar-refractivity contribution < 1.29 is 9.53 Å². The lowest BCUT2D eigenvalue weighted by Crippen LogP contribution is -2.09. The van der Waals surface area contributed by atoms with E-state index in [0.717, 1.165) is 5.69 Å². The zero-order valence-corrected chi connectivity index (χ0v) is 7.41. The van der Waals surface area contributed by atoms with Gasteiger partial charge in [0.2, 0.25) is 0 Å². The zero-order chi connectivity index (χ0) is 8.97. The van der Waals surface area contributed by atoms with Gasteiger partial charge in [-0.05, 0) is 19.1 Å². The molecule has 1 rings (SSSR count). The van der Waals surface area contributed by atoms with Crippen LogP contribution in [-0.2, 0) is 23.0 Å². The smallest absolute Gasteiger partial charge is 0.311 e. The Morgan fingerprint density at radius 3 is 2.92 bits per heavy atom. The minimum atomic E-state index is -0.167. The number of hydrogen-bond donors (Lipinski definition) is 0. The summed E-state index contributed by atoms with van der Waals surface area (Å²) in [5.74, 6) is -0.167. The van der Waals surface area contributed by atoms with Gasteiger partial charge in [-0.2, -0.15) is 0 Å². The van der Waals surface area contributed by atoms with Crippen LogP contribution in [0.1, 0.15) is 12.6 Å². The van der Waals surface area contributed by atoms with Gasteiger partial charge in [-0.1, -0.05) is 0 Å². The molecule has 0 aliphatic rings. The Bertz CT molecular complexity index is 265. The van der Waals surface area contributed by atoms with E-state index in [1.54, 1.807) is 0 Å². The van der Waals surface area contributed by atoms with E-state index in [1.807, 2.05) is 36.9 Å². The van der Waals surface area contributed by atoms with Crippen molar-refractivity contribution in [2.24, 2.45) is 7.05 Å². The number of rotatable bonds is 3. The van der Waals surface area contributed by atoms with Gasteiger partial charge in [0, 0.05) is 18.9 Å². The van der Waals surface area contributed by atoms with Crippen LogP contribution in [-0.4, -0.2) is 17.1 Å². The molecule has 0 aromatic carbocycles. The van der Waals surface area contributed by atoms with Crippen molar-refractivity contribution in [3.63, 3.8) is 0 Å². The molecule has 0 radical (unpaired) electrons. The van der Waals surface area contributed by atoms with E-state index in [1.165, 1.54) is 0 Å². The Labute approximate surface area is 72.0 Å². The third-order valence-electron chi connectivity index (χ3n) is 1.68. The van der Waals surface area contributed by atoms with Crippen LogP contribution in [0.25, 0.3) is 0 Å². The highest BCUT2D eigenvalue weighted by Gasteiger charge is 2.05. The van der Waals surface area contributed by atoms with Crippen molar-refractivity contribution in [1.82, 2.24) is 4.57 Å². The summed E-state index contributed by atoms with van der Waals surface area (Å²) < 4.78 is 6.73. The Hall–Kier alpha value is -1.25. The predicted molar refractivity (Wildman–Crippen MR) is 45.8 cm³/mol. The van der Waals surface area contributed by atoms with E-state index in [-0.39, 0.29) is 5.97 Å². The van der Waals surface area contributed by atoms with Crippen molar-refractivity contribution >= 4 is 5.97 Å². The summed E-state index contributed by atoms with van der Waals surface area (Å²) in [6.45, 7) is 2.26. The van der Waals surface area contributed by atoms with Gasteiger partial charge in [0.05, 0.1) is 13.0 Å². The maximum Gasteiger partial charge on any atom is 0.311 e. The van der Waals surface area contributed by atoms with E-state index in [0.29, 0.717) is 13.0 Å². The van der Waals surface area contributed by atoms with Crippen LogP contribution in [0.4, 0.5) is 0 Å². The van der Waals surface area contributed by atoms with Crippen LogP contribution < -0.4 is 0 Å². The van der Waals surface area contributed by atoms with Gasteiger partial charge in [-0.3, -0.25) is 4.79 Å². The summed E-state index contributed by atoms with van der Waals surface area (Å²) in [6.07, 6.45) is 2.27. The molecule has 0 unspecified atom stereocenters. The molecule has 66 valence electrons. The quantitative estimate of drug-likeness (QED) is 0.632. The normalized spacial score (nSPS) is 9.83. The first-order valence-electron chi connectivity index (χ1n) is 4.00. The number of esters is 1. The van der Waals surface area contributed by atoms with Gasteiger partial charge >= 0.3 is 5.97 Å². The number of carbonyl (C=O) groups is 1. The minimum absolute atomic E-state index is 0.167. The highest BCUT2D eigenvalue weighted by atomic mass is 16.5. The molecular formula is C9H13NO2. The standard InChI is InChI=1S/C9H13NO2/c1-3-12-9(11)7-8-5-4-6-10(8)2/h4-6H,3,7H2,1-2H3. The second-order valence-corrected chi connectivity index (χ2v) is 2.59. The fraction of sp³-hybridized carbons (Fsp3) is 0.444. The SMILES string of the molecule is CCOC(=O)Cc1cccn1C. The average Bonchev–Trinajstić information content (AvgIpc) is 2.37. The molecule has 0 saturated carbocycles. The van der Waals surface area contributed by atoms with Crippen LogP contribution in [0.15, 0.2) is 18.3 Å². The number of aromatic nitrogens is 1. The first-order valence-corrected chi connectivity index (χ1v) is 4.00. The molecule has 1 aromatic rings. The third-order valence-corrected chi connectivity index (χ3v) is 1.68. The topological polar surface area (TPSA) is 31.2 Å². The Kier molecular flexibility index (Phi) is 2.91. The molecule has 1 aromatic heterocycles. The summed E-state index contributed by atoms with van der Waals surface area (Å²) >= 11 is 0. The lowest BCUT2D eigenvalue weighted by Gasteiger charge is -2.02. The predicted octanol–water partition coefficient (Wildman–Crippen LogP) is 1.13. The summed E-state index contributed by atoms with van der Waals surface area (Å²) in [5, 5.41) is 0. The molecule has 0 saturated heterocycles. The van der Waals surface area contributed by atoms with Crippen molar-refractivity contribution in [3.05, 3.63) is 24.0 Å². The highest BCUT2D eigenvalue weighted by Crippen LogP contribution is 2.01. The van der Waals surface area contributed by atoms with E-state index in [4.69, 9.17) is 4.74 Å². The largest absolute Gasteiger partial charge is 0.466 e. The molecule has 0 fully saturated rings. The van der Waals surface area contributed by atoms with E-state index in [9.17, 15) is 4.79 Å². The van der Waals surface area contributed by atoms with E-state index in [2.05, 4.69) is 0 Å². The number of carbonyl (C=O) groups excluding carboxylic acids is 1. The summed E-state index contributed by atoms with van der Waals surface area (Å²) in [4.78, 5) is 11.0. The molecule has 12 heavy (non-hydrogen) atoms. The van der Waals surface area contributed by atoms with Gasteiger partial charge < -0.3 is 9.30 Å². The second kappa shape index (κ2) is 3.95. The maximum atomic E-state index is 11.0. The number of ether oxygens (including phenoxy) is 1. The molecule has 0 aliphatic heterocycles. The fourth-order valence-electron chi connectivity index (χ4n) is 1.04. The van der Waals surface area contributed by atoms with E-state index < -0.39 is 0 Å². The molecule has 3 nitrogen and oxygen atoms in total. The second-order valence-electron chi connectivity index (χ2n) is 2.59. The van der Waals surface area contributed by atoms with Crippen molar-refractivity contribution in [1.29, 1.82) is 0 Å². The molecule has 0 aliphatic carbocycles. The molecule has 0 bridgehead atoms. The van der Waals surface area contributed by atoms with Gasteiger partial charge in [-0.15, -0.1) is 0 Å². The average molecular weight is 167 g/mol. The monoisotopic (exact) mass is 167 g/mol. The summed E-state index contributed by atoms with van der Waals surface area (Å²) in [6, 6.07) is 3.82. The minimum Gasteiger partial charge on any atom is -0.466 e. The maximum absolute atomic E-state index is 11.0. The molecule has 0 spiro atoms. The van der Waals surface area contributed by atoms with E-state index >= 15 is 0 Å². The van der Waals surface area contributed by atoms with Gasteiger partial charge in [-0.25, -0.2) is 0 Å². The van der Waals surface area contributed by atoms with Crippen LogP contribution in [0, 0.1) is 0 Å². The van der Waals surface area contributed by atoms with Crippen molar-refractivity contribution in [2.45, 2.75) is 13.3 Å². The molecule has 3 heteroatoms. The molecule has 0 amide bonds. The lowest BCUT2D eigenvalue weighted by atomic mass is 10.3. The Morgan fingerprint density at radius 1 is 1.67 bits per heavy atom. The first-order chi connectivity index (χ1) is 5.74. The van der Waals surface area contributed by atoms with Crippen LogP contribution in [0.3, 0.4) is 0 Å². The highest BCUT2D eigenvalue weighted by molar-refractivity contribution is 5.72. The molecule has 0 N–H and O–H groups in total. The number of nitrogens with zero attached hydrogens (tertiary/aromatic N) is 1. The summed E-state index contributed by atoms with van der Waals surface area (Å²) in [5.41, 5.74) is 0.980. The van der Waals surface area contributed by atoms with Crippen LogP contribution in [0.5, 0.6) is 0 Å². The van der Waals surface area contributed by atoms with Crippen molar-refractivity contribution in [2.75, 3.05) is 6.61 Å². The van der Waals surface area contributed by atoms with Gasteiger partial charge in [0.1, 0.15) is 0 Å². The Balaban J connectivity index is 2.52. The lowest BCUT2D eigenvalue weighted by molar-refractivity contribution is -0.142. The van der Waals surface area contributed by atoms with Gasteiger partial charge in [0.25, 0.3) is 0 Å². The number of aryl methyl sites for hydroxylation is 1. The first kappa shape index (κ1) is 8.84. The molecular weight excluding hydrogens is 154 g/mol. The Morgan fingerprint density at radius 2 is 2.42 bits per heavy atom. The molecule has 1 heterocycles. The third kappa shape index (κ3) is 2.12. The number of hydrogen-bond acceptors (Lipinski definition) is 2.